The Hall–Kier alpha value is -1.02. The monoisotopic (exact) mass is 183 g/mol. The fourth-order valence-electron chi connectivity index (χ4n) is 0.872. The van der Waals surface area contributed by atoms with Gasteiger partial charge in [0.1, 0.15) is 0 Å². The van der Waals surface area contributed by atoms with Crippen LogP contribution in [0.1, 0.15) is 6.92 Å². The van der Waals surface area contributed by atoms with E-state index in [0.29, 0.717) is 0 Å². The van der Waals surface area contributed by atoms with Crippen LogP contribution >= 0.6 is 11.6 Å². The fraction of sp³-hybridized carbons (Fsp3) is 0.222. The van der Waals surface area contributed by atoms with E-state index in [1.54, 1.807) is 12.4 Å². The molecule has 0 saturated carbocycles. The molecule has 0 aromatic carbocycles. The van der Waals surface area contributed by atoms with Gasteiger partial charge in [-0.25, -0.2) is 0 Å². The summed E-state index contributed by atoms with van der Waals surface area (Å²) in [4.78, 5) is 10.7. The van der Waals surface area contributed by atoms with Gasteiger partial charge in [0.15, 0.2) is 5.43 Å². The first-order chi connectivity index (χ1) is 5.72. The maximum atomic E-state index is 10.7. The van der Waals surface area contributed by atoms with Gasteiger partial charge in [-0.1, -0.05) is 11.6 Å². The molecule has 0 N–H and O–H groups in total. The Morgan fingerprint density at radius 2 is 2.17 bits per heavy atom. The summed E-state index contributed by atoms with van der Waals surface area (Å²) in [6.07, 6.45) is 3.48. The third kappa shape index (κ3) is 2.55. The van der Waals surface area contributed by atoms with E-state index in [9.17, 15) is 4.79 Å². The van der Waals surface area contributed by atoms with E-state index in [4.69, 9.17) is 11.6 Å². The molecule has 0 aliphatic rings. The minimum Gasteiger partial charge on any atom is -0.350 e. The molecule has 0 aliphatic heterocycles. The quantitative estimate of drug-likeness (QED) is 0.688. The molecule has 12 heavy (non-hydrogen) atoms. The molecule has 0 amide bonds. The number of aromatic nitrogens is 1. The van der Waals surface area contributed by atoms with Crippen molar-refractivity contribution in [3.05, 3.63) is 45.9 Å². The Morgan fingerprint density at radius 1 is 1.58 bits per heavy atom. The highest BCUT2D eigenvalue weighted by atomic mass is 35.5. The van der Waals surface area contributed by atoms with Gasteiger partial charge in [-0.15, -0.1) is 0 Å². The van der Waals surface area contributed by atoms with Crippen molar-refractivity contribution in [2.75, 3.05) is 0 Å². The average molecular weight is 184 g/mol. The highest BCUT2D eigenvalue weighted by Crippen LogP contribution is 1.98. The van der Waals surface area contributed by atoms with Crippen molar-refractivity contribution in [2.24, 2.45) is 0 Å². The molecule has 1 aromatic heterocycles. The topological polar surface area (TPSA) is 22.0 Å². The third-order valence-corrected chi connectivity index (χ3v) is 1.85. The van der Waals surface area contributed by atoms with E-state index in [2.05, 4.69) is 0 Å². The molecule has 2 nitrogen and oxygen atoms in total. The third-order valence-electron chi connectivity index (χ3n) is 1.48. The van der Waals surface area contributed by atoms with Crippen molar-refractivity contribution >= 4 is 11.6 Å². The number of halogens is 1. The molecule has 0 radical (unpaired) electrons. The molecule has 0 atom stereocenters. The SMILES string of the molecule is C/C(=C/Cl)Cn1ccc(=O)cc1. The molecule has 1 aromatic rings. The molecule has 0 aliphatic carbocycles. The van der Waals surface area contributed by atoms with Crippen LogP contribution in [0.2, 0.25) is 0 Å². The number of hydrogen-bond acceptors (Lipinski definition) is 1. The Balaban J connectivity index is 2.78. The average Bonchev–Trinajstić information content (AvgIpc) is 2.09. The van der Waals surface area contributed by atoms with E-state index in [-0.39, 0.29) is 5.43 Å². The van der Waals surface area contributed by atoms with Gasteiger partial charge in [-0.3, -0.25) is 4.79 Å². The molecule has 0 bridgehead atoms. The van der Waals surface area contributed by atoms with Crippen LogP contribution in [0.15, 0.2) is 40.4 Å². The van der Waals surface area contributed by atoms with Crippen molar-refractivity contribution in [3.63, 3.8) is 0 Å². The Bertz CT molecular complexity index is 320. The number of hydrogen-bond donors (Lipinski definition) is 0. The molecule has 3 heteroatoms. The van der Waals surface area contributed by atoms with Crippen molar-refractivity contribution < 1.29 is 0 Å². The minimum atomic E-state index is 0.0266. The van der Waals surface area contributed by atoms with Gasteiger partial charge in [0.05, 0.1) is 0 Å². The molecule has 0 spiro atoms. The van der Waals surface area contributed by atoms with Crippen LogP contribution in [0.4, 0.5) is 0 Å². The van der Waals surface area contributed by atoms with Crippen LogP contribution in [0.3, 0.4) is 0 Å². The van der Waals surface area contributed by atoms with Crippen LogP contribution in [0.5, 0.6) is 0 Å². The summed E-state index contributed by atoms with van der Waals surface area (Å²) in [6.45, 7) is 2.66. The molecule has 0 saturated heterocycles. The second-order valence-corrected chi connectivity index (χ2v) is 2.88. The lowest BCUT2D eigenvalue weighted by Crippen LogP contribution is -2.04. The zero-order valence-electron chi connectivity index (χ0n) is 6.83. The number of pyridine rings is 1. The maximum Gasteiger partial charge on any atom is 0.181 e. The Morgan fingerprint density at radius 3 is 2.67 bits per heavy atom. The molecule has 0 unspecified atom stereocenters. The first kappa shape index (κ1) is 9.07. The summed E-state index contributed by atoms with van der Waals surface area (Å²) in [7, 11) is 0. The van der Waals surface area contributed by atoms with Crippen LogP contribution in [-0.2, 0) is 6.54 Å². The van der Waals surface area contributed by atoms with E-state index >= 15 is 0 Å². The number of nitrogens with zero attached hydrogens (tertiary/aromatic N) is 1. The van der Waals surface area contributed by atoms with Gasteiger partial charge in [0.25, 0.3) is 0 Å². The van der Waals surface area contributed by atoms with Gasteiger partial charge >= 0.3 is 0 Å². The Labute approximate surface area is 76.1 Å². The summed E-state index contributed by atoms with van der Waals surface area (Å²) in [6, 6.07) is 3.06. The smallest absolute Gasteiger partial charge is 0.181 e. The summed E-state index contributed by atoms with van der Waals surface area (Å²) >= 11 is 5.50. The highest BCUT2D eigenvalue weighted by molar-refractivity contribution is 6.25. The second-order valence-electron chi connectivity index (χ2n) is 2.66. The summed E-state index contributed by atoms with van der Waals surface area (Å²) in [5.41, 5.74) is 2.62. The molecule has 1 rings (SSSR count). The number of rotatable bonds is 2. The summed E-state index contributed by atoms with van der Waals surface area (Å²) in [5, 5.41) is 0. The Kier molecular flexibility index (Phi) is 3.11. The van der Waals surface area contributed by atoms with Crippen molar-refractivity contribution in [1.29, 1.82) is 0 Å². The predicted molar refractivity (Wildman–Crippen MR) is 50.3 cm³/mol. The normalized spacial score (nSPS) is 11.7. The van der Waals surface area contributed by atoms with Crippen LogP contribution in [-0.4, -0.2) is 4.57 Å². The van der Waals surface area contributed by atoms with E-state index in [1.807, 2.05) is 11.5 Å². The fourth-order valence-corrected chi connectivity index (χ4v) is 0.941. The number of allylic oxidation sites excluding steroid dienone is 1. The summed E-state index contributed by atoms with van der Waals surface area (Å²) < 4.78 is 1.90. The lowest BCUT2D eigenvalue weighted by Gasteiger charge is -2.03. The lowest BCUT2D eigenvalue weighted by molar-refractivity contribution is 0.776. The largest absolute Gasteiger partial charge is 0.350 e. The van der Waals surface area contributed by atoms with Gasteiger partial charge in [0.2, 0.25) is 0 Å². The van der Waals surface area contributed by atoms with Crippen LogP contribution in [0.25, 0.3) is 0 Å². The van der Waals surface area contributed by atoms with Crippen LogP contribution < -0.4 is 5.43 Å². The zero-order valence-corrected chi connectivity index (χ0v) is 7.58. The molecule has 1 heterocycles. The van der Waals surface area contributed by atoms with Gasteiger partial charge in [0, 0.05) is 36.6 Å². The van der Waals surface area contributed by atoms with Gasteiger partial charge in [-0.2, -0.15) is 0 Å². The molecular weight excluding hydrogens is 174 g/mol. The predicted octanol–water partition coefficient (Wildman–Crippen LogP) is 1.99. The second kappa shape index (κ2) is 4.12. The van der Waals surface area contributed by atoms with E-state index in [0.717, 1.165) is 12.1 Å². The minimum absolute atomic E-state index is 0.0266. The van der Waals surface area contributed by atoms with Crippen LogP contribution in [0, 0.1) is 0 Å². The molecule has 0 fully saturated rings. The summed E-state index contributed by atoms with van der Waals surface area (Å²) in [5.74, 6) is 0. The first-order valence-corrected chi connectivity index (χ1v) is 4.08. The van der Waals surface area contributed by atoms with E-state index < -0.39 is 0 Å². The molecule has 64 valence electrons. The van der Waals surface area contributed by atoms with Crippen molar-refractivity contribution in [3.8, 4) is 0 Å². The van der Waals surface area contributed by atoms with Crippen molar-refractivity contribution in [2.45, 2.75) is 13.5 Å². The van der Waals surface area contributed by atoms with E-state index in [1.165, 1.54) is 17.7 Å². The van der Waals surface area contributed by atoms with Crippen molar-refractivity contribution in [1.82, 2.24) is 4.57 Å². The zero-order chi connectivity index (χ0) is 8.97. The molecular formula is C9H10ClNO. The standard InChI is InChI=1S/C9H10ClNO/c1-8(6-10)7-11-4-2-9(12)3-5-11/h2-6H,7H2,1H3/b8-6-. The maximum absolute atomic E-state index is 10.7. The first-order valence-electron chi connectivity index (χ1n) is 3.64. The highest BCUT2D eigenvalue weighted by Gasteiger charge is 1.89. The van der Waals surface area contributed by atoms with Gasteiger partial charge < -0.3 is 4.57 Å². The lowest BCUT2D eigenvalue weighted by atomic mass is 10.3. The van der Waals surface area contributed by atoms with Gasteiger partial charge in [-0.05, 0) is 12.5 Å².